The van der Waals surface area contributed by atoms with Gasteiger partial charge in [-0.1, -0.05) is 12.1 Å². The highest BCUT2D eigenvalue weighted by molar-refractivity contribution is 9.10. The molecule has 0 spiro atoms. The van der Waals surface area contributed by atoms with Gasteiger partial charge in [-0.2, -0.15) is 10.1 Å². The van der Waals surface area contributed by atoms with Crippen molar-refractivity contribution < 1.29 is 8.42 Å². The van der Waals surface area contributed by atoms with E-state index < -0.39 is 10.0 Å². The van der Waals surface area contributed by atoms with Crippen LogP contribution in [0, 0.1) is 0 Å². The van der Waals surface area contributed by atoms with Gasteiger partial charge in [-0.05, 0) is 34.5 Å². The average molecular weight is 343 g/mol. The van der Waals surface area contributed by atoms with Crippen LogP contribution in [0.3, 0.4) is 0 Å². The van der Waals surface area contributed by atoms with E-state index >= 15 is 0 Å². The molecule has 19 heavy (non-hydrogen) atoms. The molecule has 1 aromatic carbocycles. The zero-order valence-corrected chi connectivity index (χ0v) is 12.3. The molecule has 100 valence electrons. The van der Waals surface area contributed by atoms with E-state index in [1.54, 1.807) is 28.9 Å². The Bertz CT molecular complexity index is 713. The van der Waals surface area contributed by atoms with Crippen molar-refractivity contribution >= 4 is 31.9 Å². The molecular formula is C11H11BrN4O2S. The van der Waals surface area contributed by atoms with Crippen molar-refractivity contribution in [2.45, 2.75) is 17.9 Å². The Hall–Kier alpha value is -1.41. The molecule has 0 saturated heterocycles. The van der Waals surface area contributed by atoms with E-state index in [0.717, 1.165) is 6.42 Å². The summed E-state index contributed by atoms with van der Waals surface area (Å²) in [6, 6.07) is 6.77. The molecule has 6 nitrogen and oxygen atoms in total. The van der Waals surface area contributed by atoms with Crippen molar-refractivity contribution in [2.75, 3.05) is 10.8 Å². The molecule has 2 heterocycles. The number of rotatable bonds is 2. The first-order valence-electron chi connectivity index (χ1n) is 5.76. The molecule has 0 fully saturated rings. The number of anilines is 1. The second kappa shape index (κ2) is 4.61. The number of fused-ring (bicyclic) bond motifs is 1. The van der Waals surface area contributed by atoms with Gasteiger partial charge >= 0.3 is 0 Å². The van der Waals surface area contributed by atoms with Gasteiger partial charge in [0.15, 0.2) is 0 Å². The third-order valence-electron chi connectivity index (χ3n) is 2.95. The quantitative estimate of drug-likeness (QED) is 0.831. The number of halogens is 1. The Morgan fingerprint density at radius 3 is 2.79 bits per heavy atom. The Labute approximate surface area is 119 Å². The van der Waals surface area contributed by atoms with Crippen LogP contribution in [0.4, 0.5) is 5.95 Å². The number of nitrogens with zero attached hydrogens (tertiary/aromatic N) is 4. The first-order valence-corrected chi connectivity index (χ1v) is 7.99. The van der Waals surface area contributed by atoms with Crippen molar-refractivity contribution in [3.63, 3.8) is 0 Å². The summed E-state index contributed by atoms with van der Waals surface area (Å²) in [6.45, 7) is 1.11. The largest absolute Gasteiger partial charge is 0.267 e. The third kappa shape index (κ3) is 2.04. The lowest BCUT2D eigenvalue weighted by Gasteiger charge is -2.27. The van der Waals surface area contributed by atoms with E-state index in [9.17, 15) is 8.42 Å². The topological polar surface area (TPSA) is 68.1 Å². The second-order valence-electron chi connectivity index (χ2n) is 4.14. The third-order valence-corrected chi connectivity index (χ3v) is 5.75. The molecule has 1 aromatic heterocycles. The summed E-state index contributed by atoms with van der Waals surface area (Å²) in [6.07, 6.45) is 2.10. The van der Waals surface area contributed by atoms with Crippen LogP contribution in [0.5, 0.6) is 0 Å². The fourth-order valence-electron chi connectivity index (χ4n) is 2.07. The van der Waals surface area contributed by atoms with Gasteiger partial charge in [0, 0.05) is 17.6 Å². The van der Waals surface area contributed by atoms with E-state index in [1.165, 1.54) is 10.6 Å². The van der Waals surface area contributed by atoms with Gasteiger partial charge in [0.2, 0.25) is 5.95 Å². The second-order valence-corrected chi connectivity index (χ2v) is 6.83. The molecule has 3 rings (SSSR count). The molecule has 0 saturated carbocycles. The van der Waals surface area contributed by atoms with Crippen molar-refractivity contribution in [1.82, 2.24) is 14.8 Å². The minimum Gasteiger partial charge on any atom is -0.234 e. The molecule has 2 aromatic rings. The molecule has 0 aliphatic carbocycles. The maximum atomic E-state index is 12.7. The van der Waals surface area contributed by atoms with Crippen molar-refractivity contribution in [3.05, 3.63) is 35.1 Å². The summed E-state index contributed by atoms with van der Waals surface area (Å²) >= 11 is 3.28. The smallest absolute Gasteiger partial charge is 0.234 e. The van der Waals surface area contributed by atoms with Crippen LogP contribution < -0.4 is 4.31 Å². The molecule has 0 unspecified atom stereocenters. The maximum Gasteiger partial charge on any atom is 0.267 e. The monoisotopic (exact) mass is 342 g/mol. The maximum absolute atomic E-state index is 12.7. The number of sulfonamides is 1. The number of hydrogen-bond donors (Lipinski definition) is 0. The molecule has 0 amide bonds. The lowest BCUT2D eigenvalue weighted by Crippen LogP contribution is -2.38. The summed E-state index contributed by atoms with van der Waals surface area (Å²) < 4.78 is 28.8. The zero-order chi connectivity index (χ0) is 13.5. The van der Waals surface area contributed by atoms with Gasteiger partial charge in [-0.25, -0.2) is 17.4 Å². The highest BCUT2D eigenvalue weighted by Gasteiger charge is 2.32. The Morgan fingerprint density at radius 2 is 2.00 bits per heavy atom. The van der Waals surface area contributed by atoms with Gasteiger partial charge in [0.25, 0.3) is 10.0 Å². The SMILES string of the molecule is O=S(=O)(c1ccccc1Br)N1CCCn2ncnc21. The number of aryl methyl sites for hydroxylation is 1. The summed E-state index contributed by atoms with van der Waals surface area (Å²) in [5.74, 6) is 0.377. The van der Waals surface area contributed by atoms with E-state index in [1.807, 2.05) is 0 Å². The molecule has 1 aliphatic heterocycles. The first kappa shape index (κ1) is 12.6. The summed E-state index contributed by atoms with van der Waals surface area (Å²) in [4.78, 5) is 4.29. The van der Waals surface area contributed by atoms with Crippen LogP contribution in [-0.4, -0.2) is 29.7 Å². The minimum absolute atomic E-state index is 0.242. The zero-order valence-electron chi connectivity index (χ0n) is 9.90. The van der Waals surface area contributed by atoms with E-state index in [0.29, 0.717) is 23.5 Å². The number of hydrogen-bond acceptors (Lipinski definition) is 4. The highest BCUT2D eigenvalue weighted by atomic mass is 79.9. The fourth-order valence-corrected chi connectivity index (χ4v) is 4.50. The van der Waals surface area contributed by atoms with Gasteiger partial charge in [-0.15, -0.1) is 0 Å². The lowest BCUT2D eigenvalue weighted by atomic mass is 10.4. The summed E-state index contributed by atoms with van der Waals surface area (Å²) in [5, 5.41) is 4.02. The molecule has 0 atom stereocenters. The molecular weight excluding hydrogens is 332 g/mol. The van der Waals surface area contributed by atoms with Crippen molar-refractivity contribution in [2.24, 2.45) is 0 Å². The number of benzene rings is 1. The Kier molecular flexibility index (Phi) is 3.06. The van der Waals surface area contributed by atoms with E-state index in [2.05, 4.69) is 26.0 Å². The number of aromatic nitrogens is 3. The predicted octanol–water partition coefficient (Wildman–Crippen LogP) is 1.64. The average Bonchev–Trinajstić information content (AvgIpc) is 2.86. The fraction of sp³-hybridized carbons (Fsp3) is 0.273. The van der Waals surface area contributed by atoms with Crippen molar-refractivity contribution in [1.29, 1.82) is 0 Å². The van der Waals surface area contributed by atoms with Crippen LogP contribution in [0.1, 0.15) is 6.42 Å². The van der Waals surface area contributed by atoms with Crippen LogP contribution >= 0.6 is 15.9 Å². The van der Waals surface area contributed by atoms with Crippen LogP contribution in [0.15, 0.2) is 40.0 Å². The van der Waals surface area contributed by atoms with Gasteiger partial charge in [-0.3, -0.25) is 0 Å². The molecule has 1 aliphatic rings. The normalized spacial score (nSPS) is 15.3. The summed E-state index contributed by atoms with van der Waals surface area (Å²) in [5.41, 5.74) is 0. The van der Waals surface area contributed by atoms with Gasteiger partial charge < -0.3 is 0 Å². The lowest BCUT2D eigenvalue weighted by molar-refractivity contribution is 0.529. The highest BCUT2D eigenvalue weighted by Crippen LogP contribution is 2.29. The van der Waals surface area contributed by atoms with Gasteiger partial charge in [0.05, 0.1) is 0 Å². The van der Waals surface area contributed by atoms with Gasteiger partial charge in [0.1, 0.15) is 11.2 Å². The van der Waals surface area contributed by atoms with Crippen molar-refractivity contribution in [3.8, 4) is 0 Å². The van der Waals surface area contributed by atoms with Crippen LogP contribution in [0.2, 0.25) is 0 Å². The standard InChI is InChI=1S/C11H11BrN4O2S/c12-9-4-1-2-5-10(9)19(17,18)16-7-3-6-15-11(16)13-8-14-15/h1-2,4-5,8H,3,6-7H2. The predicted molar refractivity (Wildman–Crippen MR) is 73.3 cm³/mol. The molecule has 0 radical (unpaired) electrons. The van der Waals surface area contributed by atoms with Crippen LogP contribution in [-0.2, 0) is 16.6 Å². The molecule has 8 heteroatoms. The minimum atomic E-state index is -3.61. The Morgan fingerprint density at radius 1 is 1.21 bits per heavy atom. The van der Waals surface area contributed by atoms with E-state index in [-0.39, 0.29) is 4.90 Å². The first-order chi connectivity index (χ1) is 9.10. The van der Waals surface area contributed by atoms with E-state index in [4.69, 9.17) is 0 Å². The Balaban J connectivity index is 2.11. The van der Waals surface area contributed by atoms with Crippen LogP contribution in [0.25, 0.3) is 0 Å². The summed E-state index contributed by atoms with van der Waals surface area (Å²) in [7, 11) is -3.61. The molecule has 0 N–H and O–H groups in total. The molecule has 0 bridgehead atoms.